The third-order valence-corrected chi connectivity index (χ3v) is 6.33. The van der Waals surface area contributed by atoms with Gasteiger partial charge in [-0.2, -0.15) is 0 Å². The number of benzene rings is 1. The van der Waals surface area contributed by atoms with Crippen LogP contribution in [0, 0.1) is 0 Å². The molecule has 0 radical (unpaired) electrons. The Morgan fingerprint density at radius 3 is 2.59 bits per heavy atom. The van der Waals surface area contributed by atoms with Gasteiger partial charge in [0.15, 0.2) is 5.16 Å². The highest BCUT2D eigenvalue weighted by Gasteiger charge is 2.29. The zero-order valence-electron chi connectivity index (χ0n) is 16.2. The van der Waals surface area contributed by atoms with Crippen LogP contribution >= 0.6 is 23.4 Å². The van der Waals surface area contributed by atoms with Crippen LogP contribution in [-0.4, -0.2) is 38.2 Å². The number of halogens is 1. The average molecular weight is 408 g/mol. The molecule has 2 atom stereocenters. The molecule has 1 aliphatic rings. The van der Waals surface area contributed by atoms with E-state index in [1.165, 1.54) is 18.2 Å². The van der Waals surface area contributed by atoms with Crippen LogP contribution in [0.15, 0.2) is 28.2 Å². The van der Waals surface area contributed by atoms with Gasteiger partial charge in [-0.1, -0.05) is 23.4 Å². The van der Waals surface area contributed by atoms with Crippen LogP contribution in [0.3, 0.4) is 0 Å². The Labute approximate surface area is 169 Å². The van der Waals surface area contributed by atoms with Crippen LogP contribution in [0.25, 0.3) is 10.9 Å². The van der Waals surface area contributed by atoms with Gasteiger partial charge < -0.3 is 4.90 Å². The van der Waals surface area contributed by atoms with Gasteiger partial charge in [0.1, 0.15) is 0 Å². The molecular formula is C20H26ClN3O2S. The topological polar surface area (TPSA) is 55.2 Å². The highest BCUT2D eigenvalue weighted by molar-refractivity contribution is 7.99. The lowest BCUT2D eigenvalue weighted by Gasteiger charge is -2.39. The predicted molar refractivity (Wildman–Crippen MR) is 112 cm³/mol. The Hall–Kier alpha value is -1.53. The number of hydrogen-bond acceptors (Lipinski definition) is 4. The molecular weight excluding hydrogens is 382 g/mol. The Bertz CT molecular complexity index is 902. The number of carbonyl (C=O) groups excluding carboxylic acids is 1. The van der Waals surface area contributed by atoms with Gasteiger partial charge >= 0.3 is 0 Å². The maximum absolute atomic E-state index is 12.9. The summed E-state index contributed by atoms with van der Waals surface area (Å²) < 4.78 is 1.66. The van der Waals surface area contributed by atoms with E-state index in [4.69, 9.17) is 11.6 Å². The van der Waals surface area contributed by atoms with Crippen molar-refractivity contribution in [2.75, 3.05) is 5.75 Å². The molecule has 0 bridgehead atoms. The summed E-state index contributed by atoms with van der Waals surface area (Å²) in [5, 5.41) is 1.65. The first-order valence-electron chi connectivity index (χ1n) is 9.45. The molecule has 0 unspecified atom stereocenters. The van der Waals surface area contributed by atoms with Crippen LogP contribution in [0.5, 0.6) is 0 Å². The fourth-order valence-corrected chi connectivity index (χ4v) is 4.99. The number of rotatable bonds is 4. The quantitative estimate of drug-likeness (QED) is 0.552. The second kappa shape index (κ2) is 8.23. The third-order valence-electron chi connectivity index (χ3n) is 5.15. The Morgan fingerprint density at radius 1 is 1.30 bits per heavy atom. The van der Waals surface area contributed by atoms with E-state index in [1.807, 2.05) is 18.7 Å². The smallest absolute Gasteiger partial charge is 0.262 e. The molecule has 0 aliphatic carbocycles. The number of piperidine rings is 1. The summed E-state index contributed by atoms with van der Waals surface area (Å²) in [6, 6.07) is 5.59. The highest BCUT2D eigenvalue weighted by atomic mass is 35.5. The molecule has 0 saturated carbocycles. The SMILES string of the molecule is CC(C)n1c(SCC(=O)N2[C@H](C)CCC[C@H]2C)nc2cc(Cl)ccc2c1=O. The van der Waals surface area contributed by atoms with Gasteiger partial charge in [0.25, 0.3) is 5.56 Å². The number of amides is 1. The van der Waals surface area contributed by atoms with Crippen LogP contribution in [0.1, 0.15) is 53.0 Å². The zero-order valence-corrected chi connectivity index (χ0v) is 17.8. The van der Waals surface area contributed by atoms with Crippen molar-refractivity contribution in [2.24, 2.45) is 0 Å². The first-order chi connectivity index (χ1) is 12.8. The molecule has 1 aliphatic heterocycles. The molecule has 27 heavy (non-hydrogen) atoms. The lowest BCUT2D eigenvalue weighted by atomic mass is 9.98. The van der Waals surface area contributed by atoms with E-state index < -0.39 is 0 Å². The van der Waals surface area contributed by atoms with E-state index in [2.05, 4.69) is 18.8 Å². The normalized spacial score (nSPS) is 20.4. The van der Waals surface area contributed by atoms with E-state index in [9.17, 15) is 9.59 Å². The molecule has 3 rings (SSSR count). The van der Waals surface area contributed by atoms with Crippen molar-refractivity contribution in [1.29, 1.82) is 0 Å². The fraction of sp³-hybridized carbons (Fsp3) is 0.550. The lowest BCUT2D eigenvalue weighted by Crippen LogP contribution is -2.48. The maximum atomic E-state index is 12.9. The minimum atomic E-state index is -0.0960. The number of hydrogen-bond donors (Lipinski definition) is 0. The van der Waals surface area contributed by atoms with Crippen LogP contribution in [0.2, 0.25) is 5.02 Å². The number of thioether (sulfide) groups is 1. The Morgan fingerprint density at radius 2 is 1.96 bits per heavy atom. The van der Waals surface area contributed by atoms with Gasteiger partial charge in [-0.15, -0.1) is 0 Å². The number of nitrogens with zero attached hydrogens (tertiary/aromatic N) is 3. The summed E-state index contributed by atoms with van der Waals surface area (Å²) in [7, 11) is 0. The molecule has 1 aromatic carbocycles. The molecule has 7 heteroatoms. The highest BCUT2D eigenvalue weighted by Crippen LogP contribution is 2.26. The van der Waals surface area contributed by atoms with E-state index in [1.54, 1.807) is 22.8 Å². The van der Waals surface area contributed by atoms with Gasteiger partial charge in [0.05, 0.1) is 16.7 Å². The maximum Gasteiger partial charge on any atom is 0.262 e. The molecule has 146 valence electrons. The molecule has 1 fully saturated rings. The molecule has 5 nitrogen and oxygen atoms in total. The standard InChI is InChI=1S/C20H26ClN3O2S/c1-12(2)23-19(26)16-9-8-15(21)10-17(16)22-20(23)27-11-18(25)24-13(3)6-5-7-14(24)4/h8-10,12-14H,5-7,11H2,1-4H3/t13-,14-/m1/s1. The molecule has 1 saturated heterocycles. The zero-order chi connectivity index (χ0) is 19.7. The molecule has 1 amide bonds. The number of likely N-dealkylation sites (tertiary alicyclic amines) is 1. The number of carbonyl (C=O) groups is 1. The number of fused-ring (bicyclic) bond motifs is 1. The van der Waals surface area contributed by atoms with Gasteiger partial charge in [0, 0.05) is 23.1 Å². The third kappa shape index (κ3) is 4.16. The minimum Gasteiger partial charge on any atom is -0.337 e. The van der Waals surface area contributed by atoms with Crippen LogP contribution in [-0.2, 0) is 4.79 Å². The molecule has 0 spiro atoms. The fourth-order valence-electron chi connectivity index (χ4n) is 3.82. The van der Waals surface area contributed by atoms with Crippen molar-refractivity contribution in [2.45, 2.75) is 70.2 Å². The van der Waals surface area contributed by atoms with Gasteiger partial charge in [-0.3, -0.25) is 14.2 Å². The predicted octanol–water partition coefficient (Wildman–Crippen LogP) is 4.51. The second-order valence-corrected chi connectivity index (χ2v) is 8.92. The van der Waals surface area contributed by atoms with E-state index in [0.717, 1.165) is 12.8 Å². The summed E-state index contributed by atoms with van der Waals surface area (Å²) in [5.74, 6) is 0.385. The molecule has 2 heterocycles. The van der Waals surface area contributed by atoms with Crippen molar-refractivity contribution in [3.8, 4) is 0 Å². The van der Waals surface area contributed by atoms with Crippen LogP contribution < -0.4 is 5.56 Å². The Balaban J connectivity index is 1.90. The number of aromatic nitrogens is 2. The van der Waals surface area contributed by atoms with E-state index in [0.29, 0.717) is 21.1 Å². The summed E-state index contributed by atoms with van der Waals surface area (Å²) >= 11 is 7.40. The van der Waals surface area contributed by atoms with Crippen LogP contribution in [0.4, 0.5) is 0 Å². The largest absolute Gasteiger partial charge is 0.337 e. The Kier molecular flexibility index (Phi) is 6.16. The lowest BCUT2D eigenvalue weighted by molar-refractivity contribution is -0.134. The monoisotopic (exact) mass is 407 g/mol. The molecule has 0 N–H and O–H groups in total. The van der Waals surface area contributed by atoms with Crippen molar-refractivity contribution < 1.29 is 4.79 Å². The van der Waals surface area contributed by atoms with Crippen molar-refractivity contribution in [1.82, 2.24) is 14.5 Å². The van der Waals surface area contributed by atoms with Gasteiger partial charge in [-0.05, 0) is 65.2 Å². The van der Waals surface area contributed by atoms with Crippen molar-refractivity contribution in [3.63, 3.8) is 0 Å². The summed E-state index contributed by atoms with van der Waals surface area (Å²) in [4.78, 5) is 32.4. The summed E-state index contributed by atoms with van der Waals surface area (Å²) in [6.07, 6.45) is 3.26. The molecule has 1 aromatic heterocycles. The van der Waals surface area contributed by atoms with Crippen molar-refractivity contribution in [3.05, 3.63) is 33.6 Å². The van der Waals surface area contributed by atoms with E-state index >= 15 is 0 Å². The van der Waals surface area contributed by atoms with Crippen molar-refractivity contribution >= 4 is 40.2 Å². The molecule has 2 aromatic rings. The summed E-state index contributed by atoms with van der Waals surface area (Å²) in [6.45, 7) is 8.12. The first-order valence-corrected chi connectivity index (χ1v) is 10.8. The summed E-state index contributed by atoms with van der Waals surface area (Å²) in [5.41, 5.74) is 0.473. The van der Waals surface area contributed by atoms with Gasteiger partial charge in [0.2, 0.25) is 5.91 Å². The van der Waals surface area contributed by atoms with E-state index in [-0.39, 0.29) is 35.3 Å². The first kappa shape index (κ1) is 20.2. The second-order valence-electron chi connectivity index (χ2n) is 7.54. The van der Waals surface area contributed by atoms with Gasteiger partial charge in [-0.25, -0.2) is 4.98 Å². The minimum absolute atomic E-state index is 0.0458. The average Bonchev–Trinajstić information content (AvgIpc) is 2.59.